The lowest BCUT2D eigenvalue weighted by molar-refractivity contribution is 0.194. The molecule has 104 valence electrons. The van der Waals surface area contributed by atoms with E-state index in [9.17, 15) is 0 Å². The van der Waals surface area contributed by atoms with Crippen molar-refractivity contribution >= 4 is 5.69 Å². The lowest BCUT2D eigenvalue weighted by Crippen LogP contribution is -2.33. The predicted molar refractivity (Wildman–Crippen MR) is 77.4 cm³/mol. The second kappa shape index (κ2) is 5.39. The first-order chi connectivity index (χ1) is 9.26. The Kier molecular flexibility index (Phi) is 3.62. The summed E-state index contributed by atoms with van der Waals surface area (Å²) in [5.74, 6) is 6.94. The van der Waals surface area contributed by atoms with Gasteiger partial charge in [-0.3, -0.25) is 5.84 Å². The minimum Gasteiger partial charge on any atom is -0.486 e. The maximum Gasteiger partial charge on any atom is 0.143 e. The van der Waals surface area contributed by atoms with Crippen LogP contribution in [0, 0.1) is 0 Å². The summed E-state index contributed by atoms with van der Waals surface area (Å²) >= 11 is 0. The minimum absolute atomic E-state index is 0.312. The largest absolute Gasteiger partial charge is 0.486 e. The highest BCUT2D eigenvalue weighted by Gasteiger charge is 2.21. The average Bonchev–Trinajstić information content (AvgIpc) is 2.59. The second-order valence-electron chi connectivity index (χ2n) is 5.56. The quantitative estimate of drug-likeness (QED) is 0.799. The van der Waals surface area contributed by atoms with Crippen molar-refractivity contribution < 1.29 is 4.74 Å². The second-order valence-corrected chi connectivity index (χ2v) is 5.56. The summed E-state index contributed by atoms with van der Waals surface area (Å²) in [7, 11) is 0. The molecule has 4 heteroatoms. The van der Waals surface area contributed by atoms with Gasteiger partial charge in [0, 0.05) is 13.1 Å². The van der Waals surface area contributed by atoms with Crippen molar-refractivity contribution in [2.24, 2.45) is 5.84 Å². The molecule has 0 fully saturated rings. The van der Waals surface area contributed by atoms with E-state index in [0.717, 1.165) is 56.8 Å². The third-order valence-corrected chi connectivity index (χ3v) is 4.06. The average molecular weight is 261 g/mol. The van der Waals surface area contributed by atoms with Gasteiger partial charge in [0.1, 0.15) is 11.9 Å². The Morgan fingerprint density at radius 2 is 2.05 bits per heavy atom. The molecule has 0 unspecified atom stereocenters. The molecule has 1 aromatic rings. The maximum atomic E-state index is 6.10. The fraction of sp³-hybridized carbons (Fsp3) is 0.600. The Hall–Kier alpha value is -1.26. The van der Waals surface area contributed by atoms with Crippen LogP contribution in [0.4, 0.5) is 5.69 Å². The molecule has 0 bridgehead atoms. The third-order valence-electron chi connectivity index (χ3n) is 4.06. The number of hydrogen-bond donors (Lipinski definition) is 2. The molecule has 1 atom stereocenters. The number of anilines is 1. The first kappa shape index (κ1) is 12.8. The Labute approximate surface area is 114 Å². The van der Waals surface area contributed by atoms with Gasteiger partial charge >= 0.3 is 0 Å². The van der Waals surface area contributed by atoms with Gasteiger partial charge in [-0.2, -0.15) is 0 Å². The van der Waals surface area contributed by atoms with E-state index in [0.29, 0.717) is 6.10 Å². The Morgan fingerprint density at radius 3 is 2.79 bits per heavy atom. The summed E-state index contributed by atoms with van der Waals surface area (Å²) in [5, 5.41) is 5.42. The number of nitrogens with zero attached hydrogens (tertiary/aromatic N) is 1. The number of nitrogens with one attached hydrogen (secondary N) is 1. The minimum atomic E-state index is 0.312. The number of rotatable bonds is 2. The van der Waals surface area contributed by atoms with Crippen LogP contribution in [-0.2, 0) is 12.8 Å². The number of nitrogens with two attached hydrogens (primary N) is 1. The van der Waals surface area contributed by atoms with Gasteiger partial charge in [-0.05, 0) is 42.5 Å². The van der Waals surface area contributed by atoms with E-state index in [4.69, 9.17) is 10.6 Å². The lowest BCUT2D eigenvalue weighted by atomic mass is 10.0. The smallest absolute Gasteiger partial charge is 0.143 e. The lowest BCUT2D eigenvalue weighted by Gasteiger charge is -2.28. The molecule has 3 N–H and O–H groups in total. The number of hydrogen-bond acceptors (Lipinski definition) is 4. The van der Waals surface area contributed by atoms with Crippen LogP contribution >= 0.6 is 0 Å². The van der Waals surface area contributed by atoms with E-state index in [1.807, 2.05) is 5.01 Å². The third kappa shape index (κ3) is 2.69. The molecule has 0 amide bonds. The van der Waals surface area contributed by atoms with E-state index < -0.39 is 0 Å². The molecule has 19 heavy (non-hydrogen) atoms. The van der Waals surface area contributed by atoms with Crippen LogP contribution in [0.3, 0.4) is 0 Å². The van der Waals surface area contributed by atoms with Crippen molar-refractivity contribution in [1.29, 1.82) is 0 Å². The number of benzene rings is 1. The van der Waals surface area contributed by atoms with Gasteiger partial charge in [0.2, 0.25) is 0 Å². The van der Waals surface area contributed by atoms with Gasteiger partial charge in [-0.1, -0.05) is 13.3 Å². The molecule has 0 saturated heterocycles. The Balaban J connectivity index is 1.85. The number of hydrazine groups is 1. The SMILES string of the molecule is CCC[C@H]1CNc2cc3c(cc2O1)CCN(N)CC3. The molecular weight excluding hydrogens is 238 g/mol. The van der Waals surface area contributed by atoms with Crippen LogP contribution in [0.2, 0.25) is 0 Å². The highest BCUT2D eigenvalue weighted by Crippen LogP contribution is 2.34. The predicted octanol–water partition coefficient (Wildman–Crippen LogP) is 1.93. The van der Waals surface area contributed by atoms with Gasteiger partial charge in [0.05, 0.1) is 12.2 Å². The highest BCUT2D eigenvalue weighted by atomic mass is 16.5. The summed E-state index contributed by atoms with van der Waals surface area (Å²) in [6, 6.07) is 4.48. The molecule has 3 rings (SSSR count). The van der Waals surface area contributed by atoms with Crippen molar-refractivity contribution in [3.05, 3.63) is 23.3 Å². The monoisotopic (exact) mass is 261 g/mol. The van der Waals surface area contributed by atoms with Crippen molar-refractivity contribution in [3.8, 4) is 5.75 Å². The van der Waals surface area contributed by atoms with Gasteiger partial charge < -0.3 is 10.1 Å². The summed E-state index contributed by atoms with van der Waals surface area (Å²) in [6.45, 7) is 4.98. The van der Waals surface area contributed by atoms with E-state index in [-0.39, 0.29) is 0 Å². The molecule has 1 aromatic carbocycles. The van der Waals surface area contributed by atoms with Gasteiger partial charge in [-0.15, -0.1) is 0 Å². The fourth-order valence-electron chi connectivity index (χ4n) is 2.94. The van der Waals surface area contributed by atoms with Crippen molar-refractivity contribution in [2.75, 3.05) is 25.0 Å². The van der Waals surface area contributed by atoms with Gasteiger partial charge in [-0.25, -0.2) is 5.01 Å². The topological polar surface area (TPSA) is 50.5 Å². The molecule has 2 aliphatic heterocycles. The molecule has 0 aliphatic carbocycles. The van der Waals surface area contributed by atoms with Crippen LogP contribution in [0.15, 0.2) is 12.1 Å². The van der Waals surface area contributed by atoms with Crippen molar-refractivity contribution in [1.82, 2.24) is 5.01 Å². The molecule has 2 heterocycles. The van der Waals surface area contributed by atoms with E-state index in [1.165, 1.54) is 11.1 Å². The Morgan fingerprint density at radius 1 is 1.32 bits per heavy atom. The first-order valence-corrected chi connectivity index (χ1v) is 7.32. The summed E-state index contributed by atoms with van der Waals surface area (Å²) in [4.78, 5) is 0. The first-order valence-electron chi connectivity index (χ1n) is 7.32. The van der Waals surface area contributed by atoms with E-state index >= 15 is 0 Å². The van der Waals surface area contributed by atoms with Crippen LogP contribution in [0.5, 0.6) is 5.75 Å². The number of ether oxygens (including phenoxy) is 1. The van der Waals surface area contributed by atoms with Crippen molar-refractivity contribution in [3.63, 3.8) is 0 Å². The maximum absolute atomic E-state index is 6.10. The normalized spacial score (nSPS) is 22.7. The van der Waals surface area contributed by atoms with Gasteiger partial charge in [0.15, 0.2) is 0 Å². The van der Waals surface area contributed by atoms with Crippen LogP contribution in [-0.4, -0.2) is 30.7 Å². The highest BCUT2D eigenvalue weighted by molar-refractivity contribution is 5.62. The van der Waals surface area contributed by atoms with E-state index in [2.05, 4.69) is 24.4 Å². The molecule has 0 radical (unpaired) electrons. The zero-order valence-electron chi connectivity index (χ0n) is 11.6. The summed E-state index contributed by atoms with van der Waals surface area (Å²) in [5.41, 5.74) is 3.96. The fourth-order valence-corrected chi connectivity index (χ4v) is 2.94. The molecule has 0 saturated carbocycles. The summed E-state index contributed by atoms with van der Waals surface area (Å²) < 4.78 is 6.10. The Bertz CT molecular complexity index is 461. The van der Waals surface area contributed by atoms with Crippen molar-refractivity contribution in [2.45, 2.75) is 38.7 Å². The van der Waals surface area contributed by atoms with Crippen LogP contribution < -0.4 is 15.9 Å². The zero-order valence-corrected chi connectivity index (χ0v) is 11.6. The van der Waals surface area contributed by atoms with Gasteiger partial charge in [0.25, 0.3) is 0 Å². The molecule has 0 spiro atoms. The molecule has 2 aliphatic rings. The van der Waals surface area contributed by atoms with Crippen LogP contribution in [0.1, 0.15) is 30.9 Å². The van der Waals surface area contributed by atoms with E-state index in [1.54, 1.807) is 0 Å². The molecule has 0 aromatic heterocycles. The molecular formula is C15H23N3O. The standard InChI is InChI=1S/C15H23N3O/c1-2-3-13-10-17-14-8-11-4-6-18(16)7-5-12(11)9-15(14)19-13/h8-9,13,17H,2-7,10,16H2,1H3/t13-/m0/s1. The summed E-state index contributed by atoms with van der Waals surface area (Å²) in [6.07, 6.45) is 4.63. The molecule has 4 nitrogen and oxygen atoms in total. The number of fused-ring (bicyclic) bond motifs is 2. The zero-order chi connectivity index (χ0) is 13.2. The van der Waals surface area contributed by atoms with Crippen LogP contribution in [0.25, 0.3) is 0 Å².